The molecule has 1 N–H and O–H groups in total. The molecule has 0 radical (unpaired) electrons. The van der Waals surface area contributed by atoms with Crippen LogP contribution >= 0.6 is 23.4 Å². The van der Waals surface area contributed by atoms with Gasteiger partial charge in [-0.15, -0.1) is 0 Å². The molecule has 0 spiro atoms. The number of nitrogens with one attached hydrogen (secondary N) is 1. The molecule has 2 aromatic rings. The van der Waals surface area contributed by atoms with Gasteiger partial charge < -0.3 is 5.32 Å². The molecule has 0 unspecified atom stereocenters. The van der Waals surface area contributed by atoms with Crippen molar-refractivity contribution in [2.75, 3.05) is 29.9 Å². The number of sulfonamides is 1. The van der Waals surface area contributed by atoms with E-state index in [9.17, 15) is 17.6 Å². The van der Waals surface area contributed by atoms with E-state index in [1.54, 1.807) is 11.8 Å². The lowest BCUT2D eigenvalue weighted by molar-refractivity contribution is 0.102. The Hall–Kier alpha value is -1.61. The van der Waals surface area contributed by atoms with Crippen molar-refractivity contribution in [1.82, 2.24) is 4.31 Å². The highest BCUT2D eigenvalue weighted by molar-refractivity contribution is 7.99. The summed E-state index contributed by atoms with van der Waals surface area (Å²) in [6, 6.07) is 9.44. The number of rotatable bonds is 4. The Labute approximate surface area is 160 Å². The van der Waals surface area contributed by atoms with Gasteiger partial charge in [0.1, 0.15) is 5.82 Å². The standard InChI is InChI=1S/C17H16ClFN2O3S2/c18-16-5-4-14(26(23,24)21-6-8-25-9-7-21)11-15(16)17(22)20-13-3-1-2-12(19)10-13/h1-5,10-11H,6-9H2,(H,20,22). The molecule has 138 valence electrons. The molecule has 1 aliphatic rings. The highest BCUT2D eigenvalue weighted by atomic mass is 35.5. The number of anilines is 1. The van der Waals surface area contributed by atoms with Crippen molar-refractivity contribution < 1.29 is 17.6 Å². The van der Waals surface area contributed by atoms with Gasteiger partial charge in [0.15, 0.2) is 0 Å². The maximum absolute atomic E-state index is 13.3. The predicted molar refractivity (Wildman–Crippen MR) is 102 cm³/mol. The third kappa shape index (κ3) is 4.20. The van der Waals surface area contributed by atoms with Crippen LogP contribution in [0.15, 0.2) is 47.4 Å². The van der Waals surface area contributed by atoms with Crippen molar-refractivity contribution in [3.05, 3.63) is 58.9 Å². The van der Waals surface area contributed by atoms with Gasteiger partial charge in [-0.2, -0.15) is 16.1 Å². The summed E-state index contributed by atoms with van der Waals surface area (Å²) in [5, 5.41) is 2.64. The first-order chi connectivity index (χ1) is 12.4. The summed E-state index contributed by atoms with van der Waals surface area (Å²) < 4.78 is 40.2. The highest BCUT2D eigenvalue weighted by Crippen LogP contribution is 2.25. The van der Waals surface area contributed by atoms with Crippen molar-refractivity contribution in [3.8, 4) is 0 Å². The molecule has 1 fully saturated rings. The van der Waals surface area contributed by atoms with Crippen molar-refractivity contribution in [1.29, 1.82) is 0 Å². The topological polar surface area (TPSA) is 66.5 Å². The highest BCUT2D eigenvalue weighted by Gasteiger charge is 2.27. The summed E-state index contributed by atoms with van der Waals surface area (Å²) in [6.07, 6.45) is 0. The molecular weight excluding hydrogens is 399 g/mol. The third-order valence-electron chi connectivity index (χ3n) is 3.87. The van der Waals surface area contributed by atoms with E-state index in [4.69, 9.17) is 11.6 Å². The Morgan fingerprint density at radius 1 is 1.15 bits per heavy atom. The number of amides is 1. The fourth-order valence-corrected chi connectivity index (χ4v) is 5.35. The first-order valence-corrected chi connectivity index (χ1v) is 10.8. The van der Waals surface area contributed by atoms with Crippen molar-refractivity contribution in [2.24, 2.45) is 0 Å². The maximum Gasteiger partial charge on any atom is 0.257 e. The molecule has 2 aromatic carbocycles. The zero-order valence-corrected chi connectivity index (χ0v) is 16.0. The Bertz CT molecular complexity index is 931. The normalized spacial score (nSPS) is 15.6. The number of carbonyl (C=O) groups excluding carboxylic acids is 1. The van der Waals surface area contributed by atoms with E-state index in [1.165, 1.54) is 40.7 Å². The van der Waals surface area contributed by atoms with Gasteiger partial charge in [-0.3, -0.25) is 4.79 Å². The second-order valence-corrected chi connectivity index (χ2v) is 9.19. The minimum atomic E-state index is -3.69. The largest absolute Gasteiger partial charge is 0.322 e. The van der Waals surface area contributed by atoms with Crippen molar-refractivity contribution in [3.63, 3.8) is 0 Å². The first-order valence-electron chi connectivity index (χ1n) is 7.82. The molecule has 1 heterocycles. The lowest BCUT2D eigenvalue weighted by Gasteiger charge is -2.25. The quantitative estimate of drug-likeness (QED) is 0.831. The molecule has 0 saturated carbocycles. The average Bonchev–Trinajstić information content (AvgIpc) is 2.62. The average molecular weight is 415 g/mol. The van der Waals surface area contributed by atoms with Crippen LogP contribution in [0.2, 0.25) is 5.02 Å². The van der Waals surface area contributed by atoms with Gasteiger partial charge in [0.2, 0.25) is 10.0 Å². The Morgan fingerprint density at radius 2 is 1.88 bits per heavy atom. The molecule has 0 bridgehead atoms. The van der Waals surface area contributed by atoms with E-state index >= 15 is 0 Å². The van der Waals surface area contributed by atoms with Crippen molar-refractivity contribution in [2.45, 2.75) is 4.90 Å². The van der Waals surface area contributed by atoms with Crippen LogP contribution in [0.25, 0.3) is 0 Å². The number of thioether (sulfide) groups is 1. The van der Waals surface area contributed by atoms with Gasteiger partial charge >= 0.3 is 0 Å². The maximum atomic E-state index is 13.3. The molecule has 0 aromatic heterocycles. The second-order valence-electron chi connectivity index (χ2n) is 5.62. The van der Waals surface area contributed by atoms with Gasteiger partial charge in [-0.25, -0.2) is 12.8 Å². The number of nitrogens with zero attached hydrogens (tertiary/aromatic N) is 1. The molecule has 9 heteroatoms. The van der Waals surface area contributed by atoms with Gasteiger partial charge in [0.25, 0.3) is 5.91 Å². The van der Waals surface area contributed by atoms with E-state index in [1.807, 2.05) is 0 Å². The summed E-state index contributed by atoms with van der Waals surface area (Å²) in [6.45, 7) is 0.862. The van der Waals surface area contributed by atoms with Gasteiger partial charge in [0.05, 0.1) is 15.5 Å². The number of halogens is 2. The van der Waals surface area contributed by atoms with E-state index in [0.717, 1.165) is 17.6 Å². The minimum Gasteiger partial charge on any atom is -0.322 e. The minimum absolute atomic E-state index is 0.0122. The van der Waals surface area contributed by atoms with Gasteiger partial charge in [0, 0.05) is 30.3 Å². The number of benzene rings is 2. The summed E-state index contributed by atoms with van der Waals surface area (Å²) in [5.74, 6) is 0.375. The zero-order chi connectivity index (χ0) is 18.7. The summed E-state index contributed by atoms with van der Waals surface area (Å²) >= 11 is 7.78. The molecule has 26 heavy (non-hydrogen) atoms. The van der Waals surface area contributed by atoms with Crippen LogP contribution in [0.5, 0.6) is 0 Å². The van der Waals surface area contributed by atoms with Gasteiger partial charge in [-0.05, 0) is 36.4 Å². The molecule has 0 atom stereocenters. The SMILES string of the molecule is O=C(Nc1cccc(F)c1)c1cc(S(=O)(=O)N2CCSCC2)ccc1Cl. The molecule has 3 rings (SSSR count). The van der Waals surface area contributed by atoms with Crippen LogP contribution in [0, 0.1) is 5.82 Å². The number of hydrogen-bond acceptors (Lipinski definition) is 4. The summed E-state index contributed by atoms with van der Waals surface area (Å²) in [4.78, 5) is 12.5. The van der Waals surface area contributed by atoms with Crippen LogP contribution < -0.4 is 5.32 Å². The van der Waals surface area contributed by atoms with Crippen LogP contribution in [0.4, 0.5) is 10.1 Å². The van der Waals surface area contributed by atoms with E-state index in [2.05, 4.69) is 5.32 Å². The van der Waals surface area contributed by atoms with Crippen LogP contribution in [0.3, 0.4) is 0 Å². The molecular formula is C17H16ClFN2O3S2. The lowest BCUT2D eigenvalue weighted by Crippen LogP contribution is -2.37. The number of carbonyl (C=O) groups is 1. The van der Waals surface area contributed by atoms with Gasteiger partial charge in [-0.1, -0.05) is 17.7 Å². The summed E-state index contributed by atoms with van der Waals surface area (Å²) in [7, 11) is -3.69. The Kier molecular flexibility index (Phi) is 5.86. The Morgan fingerprint density at radius 3 is 2.58 bits per heavy atom. The summed E-state index contributed by atoms with van der Waals surface area (Å²) in [5.41, 5.74) is 0.274. The molecule has 0 aliphatic carbocycles. The Balaban J connectivity index is 1.88. The molecule has 1 amide bonds. The van der Waals surface area contributed by atoms with E-state index in [0.29, 0.717) is 13.1 Å². The monoisotopic (exact) mass is 414 g/mol. The fourth-order valence-electron chi connectivity index (χ4n) is 2.54. The van der Waals surface area contributed by atoms with Crippen molar-refractivity contribution >= 4 is 45.0 Å². The lowest BCUT2D eigenvalue weighted by atomic mass is 10.2. The van der Waals surface area contributed by atoms with Crippen LogP contribution in [0.1, 0.15) is 10.4 Å². The van der Waals surface area contributed by atoms with E-state index in [-0.39, 0.29) is 21.2 Å². The van der Waals surface area contributed by atoms with E-state index < -0.39 is 21.7 Å². The van der Waals surface area contributed by atoms with Crippen LogP contribution in [-0.2, 0) is 10.0 Å². The molecule has 5 nitrogen and oxygen atoms in total. The smallest absolute Gasteiger partial charge is 0.257 e. The first kappa shape index (κ1) is 19.2. The third-order valence-corrected chi connectivity index (χ3v) is 7.04. The molecule has 1 saturated heterocycles. The zero-order valence-electron chi connectivity index (χ0n) is 13.6. The predicted octanol–water partition coefficient (Wildman–Crippen LogP) is 3.47. The molecule has 1 aliphatic heterocycles. The number of hydrogen-bond donors (Lipinski definition) is 1. The fraction of sp³-hybridized carbons (Fsp3) is 0.235. The van der Waals surface area contributed by atoms with Crippen LogP contribution in [-0.4, -0.2) is 43.2 Å². The second kappa shape index (κ2) is 7.96.